The summed E-state index contributed by atoms with van der Waals surface area (Å²) in [6, 6.07) is 0. The number of nitrogens with zero attached hydrogens (tertiary/aromatic N) is 1. The summed E-state index contributed by atoms with van der Waals surface area (Å²) in [4.78, 5) is 2.37. The minimum Gasteiger partial charge on any atom is -0.347 e. The lowest BCUT2D eigenvalue weighted by molar-refractivity contribution is 1.01. The highest BCUT2D eigenvalue weighted by Gasteiger charge is 2.21. The zero-order valence-electron chi connectivity index (χ0n) is 14.4. The standard InChI is InChI=1S/C19H27N/c1-10(2)17-13(5)14(6)18-12(4)11(3)16(8)20(9)19(18)15(17)7/h1-9H3. The molecule has 0 N–H and O–H groups in total. The van der Waals surface area contributed by atoms with E-state index in [1.165, 1.54) is 55.2 Å². The maximum absolute atomic E-state index is 2.37. The predicted octanol–water partition coefficient (Wildman–Crippen LogP) is 3.72. The zero-order valence-corrected chi connectivity index (χ0v) is 14.4. The van der Waals surface area contributed by atoms with Crippen molar-refractivity contribution < 1.29 is 0 Å². The average molecular weight is 269 g/mol. The lowest BCUT2D eigenvalue weighted by atomic mass is 9.89. The van der Waals surface area contributed by atoms with Crippen LogP contribution in [-0.2, 0) is 0 Å². The SMILES string of the molecule is CC1=C(C)N(C)c2c(C)c(=C(C)C)c(C)c(C)c2=C1C. The zero-order chi connectivity index (χ0) is 15.4. The van der Waals surface area contributed by atoms with Crippen LogP contribution in [0.3, 0.4) is 0 Å². The maximum atomic E-state index is 2.37. The molecule has 1 aromatic carbocycles. The molecule has 0 spiro atoms. The summed E-state index contributed by atoms with van der Waals surface area (Å²) < 4.78 is 0. The van der Waals surface area contributed by atoms with Crippen LogP contribution in [-0.4, -0.2) is 7.05 Å². The van der Waals surface area contributed by atoms with Gasteiger partial charge in [0.05, 0.1) is 5.69 Å². The smallest absolute Gasteiger partial charge is 0.0520 e. The number of rotatable bonds is 0. The van der Waals surface area contributed by atoms with Crippen molar-refractivity contribution in [3.63, 3.8) is 0 Å². The summed E-state index contributed by atoms with van der Waals surface area (Å²) in [6.07, 6.45) is 0. The molecular weight excluding hydrogens is 242 g/mol. The molecule has 1 aliphatic heterocycles. The Morgan fingerprint density at radius 2 is 1.30 bits per heavy atom. The summed E-state index contributed by atoms with van der Waals surface area (Å²) in [5.41, 5.74) is 11.3. The Kier molecular flexibility index (Phi) is 3.58. The molecule has 0 unspecified atom stereocenters. The Labute approximate surface area is 123 Å². The van der Waals surface area contributed by atoms with Gasteiger partial charge >= 0.3 is 0 Å². The molecule has 2 rings (SSSR count). The average Bonchev–Trinajstić information content (AvgIpc) is 2.37. The van der Waals surface area contributed by atoms with E-state index in [0.717, 1.165) is 0 Å². The van der Waals surface area contributed by atoms with Crippen LogP contribution in [0.5, 0.6) is 0 Å². The van der Waals surface area contributed by atoms with Crippen molar-refractivity contribution >= 4 is 16.8 Å². The Morgan fingerprint density at radius 1 is 0.750 bits per heavy atom. The second-order valence-electron chi connectivity index (χ2n) is 6.37. The minimum atomic E-state index is 1.36. The fraction of sp³-hybridized carbons (Fsp3) is 0.474. The molecule has 0 fully saturated rings. The van der Waals surface area contributed by atoms with Gasteiger partial charge in [0.15, 0.2) is 0 Å². The lowest BCUT2D eigenvalue weighted by Gasteiger charge is -2.32. The Bertz CT molecular complexity index is 741. The first kappa shape index (κ1) is 14.9. The molecule has 0 saturated heterocycles. The molecule has 1 nitrogen and oxygen atoms in total. The third-order valence-electron chi connectivity index (χ3n) is 5.10. The fourth-order valence-electron chi connectivity index (χ4n) is 3.65. The molecule has 1 heteroatoms. The van der Waals surface area contributed by atoms with Crippen LogP contribution < -0.4 is 15.3 Å². The molecular formula is C19H27N. The molecule has 20 heavy (non-hydrogen) atoms. The van der Waals surface area contributed by atoms with Gasteiger partial charge in [-0.15, -0.1) is 0 Å². The van der Waals surface area contributed by atoms with Crippen molar-refractivity contribution in [2.45, 2.75) is 55.4 Å². The summed E-state index contributed by atoms with van der Waals surface area (Å²) in [6.45, 7) is 18.0. The van der Waals surface area contributed by atoms with Crippen molar-refractivity contribution in [3.8, 4) is 0 Å². The Balaban J connectivity index is 3.18. The van der Waals surface area contributed by atoms with Crippen LogP contribution >= 0.6 is 0 Å². The van der Waals surface area contributed by atoms with Crippen LogP contribution in [0.4, 0.5) is 5.69 Å². The van der Waals surface area contributed by atoms with Crippen LogP contribution in [0.15, 0.2) is 11.3 Å². The van der Waals surface area contributed by atoms with E-state index in [1.807, 2.05) is 0 Å². The molecule has 0 amide bonds. The highest BCUT2D eigenvalue weighted by atomic mass is 15.1. The molecule has 0 saturated carbocycles. The summed E-state index contributed by atoms with van der Waals surface area (Å²) in [5, 5.41) is 2.88. The Morgan fingerprint density at radius 3 is 1.80 bits per heavy atom. The van der Waals surface area contributed by atoms with Gasteiger partial charge in [0.1, 0.15) is 0 Å². The Hall–Kier alpha value is -1.50. The van der Waals surface area contributed by atoms with Crippen LogP contribution in [0, 0.1) is 20.8 Å². The van der Waals surface area contributed by atoms with Crippen molar-refractivity contribution in [1.82, 2.24) is 0 Å². The summed E-state index contributed by atoms with van der Waals surface area (Å²) >= 11 is 0. The topological polar surface area (TPSA) is 3.24 Å². The van der Waals surface area contributed by atoms with E-state index >= 15 is 0 Å². The third kappa shape index (κ3) is 1.83. The van der Waals surface area contributed by atoms with E-state index in [1.54, 1.807) is 0 Å². The molecule has 1 aromatic rings. The molecule has 1 aliphatic rings. The quantitative estimate of drug-likeness (QED) is 0.694. The number of allylic oxidation sites excluding steroid dienone is 2. The molecule has 0 bridgehead atoms. The number of benzene rings is 1. The van der Waals surface area contributed by atoms with E-state index < -0.39 is 0 Å². The summed E-state index contributed by atoms with van der Waals surface area (Å²) in [7, 11) is 2.20. The van der Waals surface area contributed by atoms with E-state index in [2.05, 4.69) is 67.3 Å². The van der Waals surface area contributed by atoms with Gasteiger partial charge in [-0.3, -0.25) is 0 Å². The molecule has 1 heterocycles. The number of fused-ring (bicyclic) bond motifs is 1. The predicted molar refractivity (Wildman–Crippen MR) is 90.5 cm³/mol. The van der Waals surface area contributed by atoms with Gasteiger partial charge in [-0.2, -0.15) is 0 Å². The van der Waals surface area contributed by atoms with Gasteiger partial charge in [0, 0.05) is 18.0 Å². The third-order valence-corrected chi connectivity index (χ3v) is 5.10. The van der Waals surface area contributed by atoms with E-state index in [-0.39, 0.29) is 0 Å². The van der Waals surface area contributed by atoms with E-state index in [4.69, 9.17) is 0 Å². The van der Waals surface area contributed by atoms with Gasteiger partial charge in [-0.25, -0.2) is 0 Å². The van der Waals surface area contributed by atoms with Gasteiger partial charge in [-0.05, 0) is 88.4 Å². The van der Waals surface area contributed by atoms with Gasteiger partial charge < -0.3 is 4.90 Å². The molecule has 0 radical (unpaired) electrons. The molecule has 0 aromatic heterocycles. The molecule has 0 atom stereocenters. The van der Waals surface area contributed by atoms with Crippen molar-refractivity contribution in [3.05, 3.63) is 38.4 Å². The highest BCUT2D eigenvalue weighted by Crippen LogP contribution is 2.28. The first-order valence-electron chi connectivity index (χ1n) is 7.39. The van der Waals surface area contributed by atoms with Crippen molar-refractivity contribution in [2.24, 2.45) is 0 Å². The van der Waals surface area contributed by atoms with Crippen molar-refractivity contribution in [2.75, 3.05) is 11.9 Å². The number of hydrogen-bond donors (Lipinski definition) is 0. The van der Waals surface area contributed by atoms with Gasteiger partial charge in [0.25, 0.3) is 0 Å². The molecule has 0 aliphatic carbocycles. The molecule has 108 valence electrons. The first-order valence-corrected chi connectivity index (χ1v) is 7.39. The second kappa shape index (κ2) is 4.80. The minimum absolute atomic E-state index is 1.36. The first-order chi connectivity index (χ1) is 9.20. The monoisotopic (exact) mass is 269 g/mol. The lowest BCUT2D eigenvalue weighted by Crippen LogP contribution is -2.35. The van der Waals surface area contributed by atoms with E-state index in [0.29, 0.717) is 0 Å². The second-order valence-corrected chi connectivity index (χ2v) is 6.37. The van der Waals surface area contributed by atoms with Crippen LogP contribution in [0.25, 0.3) is 11.1 Å². The fourth-order valence-corrected chi connectivity index (χ4v) is 3.65. The number of anilines is 1. The number of hydrogen-bond acceptors (Lipinski definition) is 1. The van der Waals surface area contributed by atoms with E-state index in [9.17, 15) is 0 Å². The highest BCUT2D eigenvalue weighted by molar-refractivity contribution is 5.78. The van der Waals surface area contributed by atoms with Crippen LogP contribution in [0.1, 0.15) is 51.3 Å². The van der Waals surface area contributed by atoms with Gasteiger partial charge in [-0.1, -0.05) is 5.57 Å². The largest absolute Gasteiger partial charge is 0.347 e. The normalized spacial score (nSPS) is 14.8. The summed E-state index contributed by atoms with van der Waals surface area (Å²) in [5.74, 6) is 0. The van der Waals surface area contributed by atoms with Crippen LogP contribution in [0.2, 0.25) is 0 Å². The van der Waals surface area contributed by atoms with Crippen molar-refractivity contribution in [1.29, 1.82) is 0 Å². The maximum Gasteiger partial charge on any atom is 0.0520 e. The van der Waals surface area contributed by atoms with Gasteiger partial charge in [0.2, 0.25) is 0 Å².